The predicted molar refractivity (Wildman–Crippen MR) is 162 cm³/mol. The molecule has 0 radical (unpaired) electrons. The number of morpholine rings is 1. The van der Waals surface area contributed by atoms with E-state index in [0.717, 1.165) is 37.7 Å². The Labute approximate surface area is 256 Å². The zero-order valence-electron chi connectivity index (χ0n) is 27.1. The lowest BCUT2D eigenvalue weighted by Gasteiger charge is -2.71. The SMILES string of the molecule is CC1(C)C(=O)C(C#N)=C[C@]2(C)C3=CC(=O)[C@]4(O)[C@@H]5C[C@@](C)(NC(=O)N6CCOCC6)CC[C@@]5(C)CC[C@@]4(C)[C@]3(C)CC[C@@H]12. The van der Waals surface area contributed by atoms with Gasteiger partial charge in [0, 0.05) is 40.8 Å². The van der Waals surface area contributed by atoms with Crippen molar-refractivity contribution < 1.29 is 24.2 Å². The third kappa shape index (κ3) is 3.83. The molecule has 1 saturated heterocycles. The fourth-order valence-corrected chi connectivity index (χ4v) is 11.0. The summed E-state index contributed by atoms with van der Waals surface area (Å²) in [6.07, 6.45) is 8.82. The molecule has 0 aromatic carbocycles. The van der Waals surface area contributed by atoms with Crippen molar-refractivity contribution in [3.8, 4) is 6.07 Å². The molecule has 0 aromatic rings. The zero-order valence-corrected chi connectivity index (χ0v) is 27.1. The maximum absolute atomic E-state index is 14.6. The summed E-state index contributed by atoms with van der Waals surface area (Å²) in [6, 6.07) is 2.05. The van der Waals surface area contributed by atoms with Crippen molar-refractivity contribution >= 4 is 17.6 Å². The molecule has 234 valence electrons. The number of ether oxygens (including phenoxy) is 1. The van der Waals surface area contributed by atoms with Crippen molar-refractivity contribution in [3.05, 3.63) is 23.3 Å². The van der Waals surface area contributed by atoms with Crippen LogP contribution in [0, 0.1) is 50.2 Å². The Morgan fingerprint density at radius 1 is 1.00 bits per heavy atom. The van der Waals surface area contributed by atoms with Gasteiger partial charge in [-0.2, -0.15) is 5.26 Å². The maximum atomic E-state index is 14.6. The van der Waals surface area contributed by atoms with Crippen LogP contribution in [0.4, 0.5) is 4.79 Å². The number of nitrogens with one attached hydrogen (secondary N) is 1. The number of aliphatic hydroxyl groups is 1. The van der Waals surface area contributed by atoms with Gasteiger partial charge in [0.1, 0.15) is 11.7 Å². The first-order chi connectivity index (χ1) is 19.9. The Kier molecular flexibility index (Phi) is 6.58. The molecule has 2 N–H and O–H groups in total. The van der Waals surface area contributed by atoms with Crippen LogP contribution in [0.15, 0.2) is 23.3 Å². The Bertz CT molecular complexity index is 1390. The lowest BCUT2D eigenvalue weighted by molar-refractivity contribution is -0.240. The number of fused-ring (bicyclic) bond motifs is 7. The molecule has 1 heterocycles. The quantitative estimate of drug-likeness (QED) is 0.437. The Hall–Kier alpha value is -2.50. The first kappa shape index (κ1) is 30.5. The summed E-state index contributed by atoms with van der Waals surface area (Å²) in [5.74, 6) is -0.760. The van der Waals surface area contributed by atoms with Crippen LogP contribution in [0.1, 0.15) is 93.4 Å². The minimum atomic E-state index is -1.60. The van der Waals surface area contributed by atoms with Crippen molar-refractivity contribution in [1.82, 2.24) is 10.2 Å². The van der Waals surface area contributed by atoms with Crippen molar-refractivity contribution in [1.29, 1.82) is 5.26 Å². The molecule has 8 heteroatoms. The van der Waals surface area contributed by atoms with Gasteiger partial charge in [0.05, 0.1) is 18.8 Å². The van der Waals surface area contributed by atoms with Crippen LogP contribution in [-0.2, 0) is 14.3 Å². The van der Waals surface area contributed by atoms with Crippen LogP contribution >= 0.6 is 0 Å². The van der Waals surface area contributed by atoms with Gasteiger partial charge in [-0.25, -0.2) is 4.79 Å². The number of urea groups is 1. The molecule has 6 rings (SSSR count). The van der Waals surface area contributed by atoms with Gasteiger partial charge in [0.25, 0.3) is 0 Å². The summed E-state index contributed by atoms with van der Waals surface area (Å²) in [5.41, 5.74) is -3.91. The van der Waals surface area contributed by atoms with Crippen molar-refractivity contribution in [3.63, 3.8) is 0 Å². The summed E-state index contributed by atoms with van der Waals surface area (Å²) in [6.45, 7) is 16.8. The van der Waals surface area contributed by atoms with Crippen LogP contribution in [0.25, 0.3) is 0 Å². The van der Waals surface area contributed by atoms with E-state index < -0.39 is 32.8 Å². The second-order valence-electron chi connectivity index (χ2n) is 16.4. The van der Waals surface area contributed by atoms with E-state index in [1.165, 1.54) is 0 Å². The molecular weight excluding hydrogens is 542 g/mol. The molecule has 6 aliphatic rings. The second-order valence-corrected chi connectivity index (χ2v) is 16.4. The minimum absolute atomic E-state index is 0.0475. The lowest BCUT2D eigenvalue weighted by atomic mass is 9.33. The molecule has 0 unspecified atom stereocenters. The molecule has 0 bridgehead atoms. The molecule has 8 atom stereocenters. The van der Waals surface area contributed by atoms with Crippen molar-refractivity contribution in [2.45, 2.75) is 105 Å². The van der Waals surface area contributed by atoms with Gasteiger partial charge in [-0.05, 0) is 80.3 Å². The van der Waals surface area contributed by atoms with Gasteiger partial charge in [0.15, 0.2) is 11.6 Å². The van der Waals surface area contributed by atoms with Gasteiger partial charge in [-0.15, -0.1) is 0 Å². The molecule has 4 fully saturated rings. The van der Waals surface area contributed by atoms with E-state index in [4.69, 9.17) is 4.74 Å². The monoisotopic (exact) mass is 591 g/mol. The number of carbonyl (C=O) groups is 3. The maximum Gasteiger partial charge on any atom is 0.317 e. The first-order valence-electron chi connectivity index (χ1n) is 16.2. The Morgan fingerprint density at radius 2 is 1.65 bits per heavy atom. The molecule has 2 amide bonds. The van der Waals surface area contributed by atoms with Gasteiger partial charge in [-0.3, -0.25) is 9.59 Å². The predicted octanol–water partition coefficient (Wildman–Crippen LogP) is 5.12. The number of carbonyl (C=O) groups excluding carboxylic acids is 3. The summed E-state index contributed by atoms with van der Waals surface area (Å²) in [7, 11) is 0. The van der Waals surface area contributed by atoms with Crippen LogP contribution in [-0.4, -0.2) is 65.0 Å². The van der Waals surface area contributed by atoms with Crippen LogP contribution in [0.3, 0.4) is 0 Å². The number of amides is 2. The molecule has 8 nitrogen and oxygen atoms in total. The number of Topliss-reactive ketones (excluding diaryl/α,β-unsaturated/α-hetero) is 1. The van der Waals surface area contributed by atoms with Crippen LogP contribution in [0.5, 0.6) is 0 Å². The Morgan fingerprint density at radius 3 is 2.30 bits per heavy atom. The summed E-state index contributed by atoms with van der Waals surface area (Å²) < 4.78 is 5.43. The van der Waals surface area contributed by atoms with Crippen LogP contribution in [0.2, 0.25) is 0 Å². The largest absolute Gasteiger partial charge is 0.381 e. The number of rotatable bonds is 1. The topological polar surface area (TPSA) is 120 Å². The molecule has 3 saturated carbocycles. The molecule has 43 heavy (non-hydrogen) atoms. The summed E-state index contributed by atoms with van der Waals surface area (Å²) in [5, 5.41) is 26.3. The van der Waals surface area contributed by atoms with Crippen molar-refractivity contribution in [2.24, 2.45) is 38.9 Å². The second kappa shape index (κ2) is 9.26. The van der Waals surface area contributed by atoms with E-state index in [0.29, 0.717) is 39.1 Å². The average Bonchev–Trinajstić information content (AvgIpc) is 2.96. The van der Waals surface area contributed by atoms with E-state index in [1.807, 2.05) is 19.9 Å². The van der Waals surface area contributed by atoms with Gasteiger partial charge in [-0.1, -0.05) is 47.6 Å². The van der Waals surface area contributed by atoms with Crippen molar-refractivity contribution in [2.75, 3.05) is 26.3 Å². The van der Waals surface area contributed by atoms with E-state index in [9.17, 15) is 24.8 Å². The van der Waals surface area contributed by atoms with Gasteiger partial charge in [0.2, 0.25) is 0 Å². The number of nitrogens with zero attached hydrogens (tertiary/aromatic N) is 2. The average molecular weight is 592 g/mol. The highest BCUT2D eigenvalue weighted by atomic mass is 16.5. The van der Waals surface area contributed by atoms with E-state index >= 15 is 0 Å². The Balaban J connectivity index is 1.42. The summed E-state index contributed by atoms with van der Waals surface area (Å²) >= 11 is 0. The fourth-order valence-electron chi connectivity index (χ4n) is 11.0. The lowest BCUT2D eigenvalue weighted by Crippen LogP contribution is -2.74. The van der Waals surface area contributed by atoms with Crippen LogP contribution < -0.4 is 5.32 Å². The summed E-state index contributed by atoms with van der Waals surface area (Å²) in [4.78, 5) is 43.0. The standard InChI is InChI=1S/C35H49N3O5/c1-29(2)23-8-9-33(6)24(32(23,5)19-22(21-36)27(29)40)18-26(39)35(42)25-20-31(4,37-28(41)38-14-16-43-17-15-38)12-10-30(25,3)11-13-34(33,35)7/h18-19,23,25,42H,8-17,20H2,1-7H3,(H,37,41)/t23-,25+,30-,31-,32-,33+,34-,35+/m0/s1. The third-order valence-corrected chi connectivity index (χ3v) is 14.0. The fraction of sp³-hybridized carbons (Fsp3) is 0.771. The number of hydrogen-bond acceptors (Lipinski definition) is 6. The molecule has 1 aliphatic heterocycles. The third-order valence-electron chi connectivity index (χ3n) is 14.0. The number of nitriles is 1. The highest BCUT2D eigenvalue weighted by Gasteiger charge is 2.75. The van der Waals surface area contributed by atoms with E-state index in [1.54, 1.807) is 11.0 Å². The number of hydrogen-bond donors (Lipinski definition) is 2. The highest BCUT2D eigenvalue weighted by molar-refractivity contribution is 6.05. The molecule has 0 aromatic heterocycles. The molecular formula is C35H49N3O5. The first-order valence-corrected chi connectivity index (χ1v) is 16.2. The smallest absolute Gasteiger partial charge is 0.317 e. The normalized spacial score (nSPS) is 47.1. The molecule has 0 spiro atoms. The molecule has 5 aliphatic carbocycles. The zero-order chi connectivity index (χ0) is 31.4. The van der Waals surface area contributed by atoms with E-state index in [2.05, 4.69) is 46.0 Å². The highest BCUT2D eigenvalue weighted by Crippen LogP contribution is 2.75. The number of allylic oxidation sites excluding steroid dienone is 3. The minimum Gasteiger partial charge on any atom is -0.381 e. The van der Waals surface area contributed by atoms with E-state index in [-0.39, 0.29) is 40.4 Å². The van der Waals surface area contributed by atoms with Gasteiger partial charge < -0.3 is 20.1 Å². The van der Waals surface area contributed by atoms with Gasteiger partial charge >= 0.3 is 6.03 Å². The number of ketones is 2.